The van der Waals surface area contributed by atoms with Gasteiger partial charge in [0.2, 0.25) is 0 Å². The highest BCUT2D eigenvalue weighted by Crippen LogP contribution is 2.27. The summed E-state index contributed by atoms with van der Waals surface area (Å²) < 4.78 is 62.0. The zero-order chi connectivity index (χ0) is 34.1. The Balaban J connectivity index is 1.36. The molecular weight excluding hydrogens is 617 g/mol. The number of nitrogen functional groups attached to an aromatic ring is 1. The van der Waals surface area contributed by atoms with Gasteiger partial charge in [-0.05, 0) is 56.0 Å². The van der Waals surface area contributed by atoms with Crippen LogP contribution in [-0.2, 0) is 14.3 Å². The largest absolute Gasteiger partial charge is 0.493 e. The highest BCUT2D eigenvalue weighted by molar-refractivity contribution is 6.11. The predicted octanol–water partition coefficient (Wildman–Crippen LogP) is 4.03. The van der Waals surface area contributed by atoms with E-state index in [1.54, 1.807) is 6.92 Å². The molecule has 1 saturated heterocycles. The smallest absolute Gasteiger partial charge is 0.323 e. The van der Waals surface area contributed by atoms with Gasteiger partial charge in [0.05, 0.1) is 30.9 Å². The van der Waals surface area contributed by atoms with E-state index < -0.39 is 46.3 Å². The zero-order valence-electron chi connectivity index (χ0n) is 26.8. The van der Waals surface area contributed by atoms with Crippen LogP contribution in [0.3, 0.4) is 0 Å². The van der Waals surface area contributed by atoms with E-state index in [1.165, 1.54) is 18.2 Å². The summed E-state index contributed by atoms with van der Waals surface area (Å²) in [5.41, 5.74) is 4.37. The number of aromatic nitrogens is 1. The molecule has 2 heterocycles. The van der Waals surface area contributed by atoms with Gasteiger partial charge in [-0.1, -0.05) is 19.9 Å². The number of esters is 1. The number of halogens is 3. The maximum Gasteiger partial charge on any atom is 0.323 e. The van der Waals surface area contributed by atoms with Gasteiger partial charge in [-0.25, -0.2) is 13.2 Å². The lowest BCUT2D eigenvalue weighted by molar-refractivity contribution is -0.147. The second-order valence-electron chi connectivity index (χ2n) is 11.8. The van der Waals surface area contributed by atoms with Crippen LogP contribution >= 0.6 is 0 Å². The highest BCUT2D eigenvalue weighted by Gasteiger charge is 2.24. The molecule has 1 aromatic heterocycles. The van der Waals surface area contributed by atoms with Gasteiger partial charge >= 0.3 is 5.97 Å². The summed E-state index contributed by atoms with van der Waals surface area (Å²) in [4.78, 5) is 40.6. The lowest BCUT2D eigenvalue weighted by Gasteiger charge is -2.26. The molecule has 0 bridgehead atoms. The van der Waals surface area contributed by atoms with Crippen molar-refractivity contribution >= 4 is 17.6 Å². The first-order valence-electron chi connectivity index (χ1n) is 15.6. The van der Waals surface area contributed by atoms with E-state index in [0.717, 1.165) is 37.4 Å². The van der Waals surface area contributed by atoms with E-state index in [0.29, 0.717) is 49.3 Å². The van der Waals surface area contributed by atoms with Crippen molar-refractivity contribution in [2.75, 3.05) is 58.3 Å². The summed E-state index contributed by atoms with van der Waals surface area (Å²) >= 11 is 0. The number of rotatable bonds is 15. The summed E-state index contributed by atoms with van der Waals surface area (Å²) in [5, 5.41) is 3.18. The Hall–Kier alpha value is -4.20. The molecule has 0 spiro atoms. The molecule has 1 aliphatic rings. The Bertz CT molecular complexity index is 1600. The van der Waals surface area contributed by atoms with Crippen LogP contribution < -0.4 is 21.3 Å². The van der Waals surface area contributed by atoms with Crippen LogP contribution in [-0.4, -0.2) is 79.9 Å². The van der Waals surface area contributed by atoms with E-state index in [1.807, 2.05) is 13.8 Å². The summed E-state index contributed by atoms with van der Waals surface area (Å²) in [6.45, 7) is 9.98. The van der Waals surface area contributed by atoms with E-state index in [9.17, 15) is 18.8 Å². The molecule has 0 unspecified atom stereocenters. The van der Waals surface area contributed by atoms with Crippen LogP contribution in [0.4, 0.5) is 19.0 Å². The average molecular weight is 659 g/mol. The molecule has 10 nitrogen and oxygen atoms in total. The van der Waals surface area contributed by atoms with Crippen molar-refractivity contribution in [2.24, 2.45) is 5.92 Å². The number of hydrogen-bond acceptors (Lipinski definition) is 9. The molecule has 0 aliphatic carbocycles. The number of ketones is 1. The topological polar surface area (TPSA) is 125 Å². The zero-order valence-corrected chi connectivity index (χ0v) is 26.8. The van der Waals surface area contributed by atoms with Gasteiger partial charge in [0, 0.05) is 37.8 Å². The maximum atomic E-state index is 15.3. The number of nitrogens with one attached hydrogen (secondary N) is 1. The average Bonchev–Trinajstić information content (AvgIpc) is 3.01. The van der Waals surface area contributed by atoms with Gasteiger partial charge in [-0.3, -0.25) is 23.9 Å². The molecule has 0 saturated carbocycles. The van der Waals surface area contributed by atoms with Crippen LogP contribution in [0.1, 0.15) is 48.2 Å². The van der Waals surface area contributed by atoms with E-state index >= 15 is 8.78 Å². The molecule has 254 valence electrons. The molecular formula is C34H41F3N4O6. The van der Waals surface area contributed by atoms with Crippen molar-refractivity contribution in [1.82, 2.24) is 14.8 Å². The van der Waals surface area contributed by atoms with Gasteiger partial charge in [-0.2, -0.15) is 0 Å². The normalized spacial score (nSPS) is 14.3. The first kappa shape index (κ1) is 35.7. The number of nitrogens with zero attached hydrogens (tertiary/aromatic N) is 2. The number of benzene rings is 2. The lowest BCUT2D eigenvalue weighted by atomic mass is 10.0. The number of carbonyl (C=O) groups excluding carboxylic acids is 2. The SMILES string of the molecule is Cc1ccc(C(=O)c2ccc(=O)n(-c3c(F)cc(OCCCN[C@@H](CC(C)C)C(=O)OCCN4CCOCC4)cc3F)c2N)c(F)c1. The molecule has 1 atom stereocenters. The third kappa shape index (κ3) is 9.43. The monoisotopic (exact) mass is 658 g/mol. The molecule has 0 amide bonds. The highest BCUT2D eigenvalue weighted by atomic mass is 19.1. The fraction of sp³-hybridized carbons (Fsp3) is 0.441. The van der Waals surface area contributed by atoms with E-state index in [4.69, 9.17) is 19.9 Å². The molecule has 0 radical (unpaired) electrons. The molecule has 13 heteroatoms. The van der Waals surface area contributed by atoms with E-state index in [-0.39, 0.29) is 42.0 Å². The predicted molar refractivity (Wildman–Crippen MR) is 171 cm³/mol. The van der Waals surface area contributed by atoms with Crippen molar-refractivity contribution < 1.29 is 37.0 Å². The first-order valence-corrected chi connectivity index (χ1v) is 15.6. The number of hydrogen-bond donors (Lipinski definition) is 2. The Morgan fingerprint density at radius 2 is 1.66 bits per heavy atom. The summed E-state index contributed by atoms with van der Waals surface area (Å²) in [5.74, 6) is -4.73. The Kier molecular flexibility index (Phi) is 12.6. The van der Waals surface area contributed by atoms with Crippen LogP contribution in [0.15, 0.2) is 47.3 Å². The Labute approximate surface area is 271 Å². The minimum absolute atomic E-state index is 0.0693. The number of morpholine rings is 1. The van der Waals surface area contributed by atoms with Crippen LogP contribution in [0, 0.1) is 30.3 Å². The van der Waals surface area contributed by atoms with Crippen molar-refractivity contribution in [3.63, 3.8) is 0 Å². The Morgan fingerprint density at radius 3 is 2.32 bits per heavy atom. The van der Waals surface area contributed by atoms with Gasteiger partial charge in [0.25, 0.3) is 5.56 Å². The minimum atomic E-state index is -1.16. The molecule has 4 rings (SSSR count). The first-order chi connectivity index (χ1) is 22.5. The molecule has 2 aromatic carbocycles. The van der Waals surface area contributed by atoms with Gasteiger partial charge < -0.3 is 25.3 Å². The van der Waals surface area contributed by atoms with Gasteiger partial charge in [-0.15, -0.1) is 0 Å². The second kappa shape index (κ2) is 16.6. The third-order valence-corrected chi connectivity index (χ3v) is 7.69. The minimum Gasteiger partial charge on any atom is -0.493 e. The van der Waals surface area contributed by atoms with Gasteiger partial charge in [0.15, 0.2) is 17.4 Å². The standard InChI is InChI=1S/C34H41F3N4O6/c1-21(2)17-29(34(44)47-16-12-40-10-14-45-15-11-40)39-9-4-13-46-23-19-27(36)31(28(37)20-23)41-30(42)8-7-25(33(41)38)32(43)24-6-5-22(3)18-26(24)35/h5-8,18-21,29,39H,4,9-17,38H2,1-3H3/t29-/m0/s1. The Morgan fingerprint density at radius 1 is 0.979 bits per heavy atom. The van der Waals surface area contributed by atoms with Crippen LogP contribution in [0.2, 0.25) is 0 Å². The van der Waals surface area contributed by atoms with Crippen molar-refractivity contribution in [3.8, 4) is 11.4 Å². The number of aryl methyl sites for hydroxylation is 1. The van der Waals surface area contributed by atoms with Crippen molar-refractivity contribution in [1.29, 1.82) is 0 Å². The number of pyridine rings is 1. The maximum absolute atomic E-state index is 15.3. The fourth-order valence-corrected chi connectivity index (χ4v) is 5.24. The second-order valence-corrected chi connectivity index (χ2v) is 11.8. The lowest BCUT2D eigenvalue weighted by Crippen LogP contribution is -2.42. The molecule has 47 heavy (non-hydrogen) atoms. The number of anilines is 1. The van der Waals surface area contributed by atoms with Crippen LogP contribution in [0.25, 0.3) is 5.69 Å². The summed E-state index contributed by atoms with van der Waals surface area (Å²) in [7, 11) is 0. The molecule has 3 aromatic rings. The summed E-state index contributed by atoms with van der Waals surface area (Å²) in [6.07, 6.45) is 0.983. The van der Waals surface area contributed by atoms with Gasteiger partial charge in [0.1, 0.15) is 35.7 Å². The molecule has 3 N–H and O–H groups in total. The third-order valence-electron chi connectivity index (χ3n) is 7.69. The molecule has 1 fully saturated rings. The van der Waals surface area contributed by atoms with Crippen LogP contribution in [0.5, 0.6) is 5.75 Å². The van der Waals surface area contributed by atoms with Crippen molar-refractivity contribution in [3.05, 3.63) is 87.0 Å². The number of nitrogens with two attached hydrogens (primary N) is 1. The number of carbonyl (C=O) groups is 2. The molecule has 1 aliphatic heterocycles. The fourth-order valence-electron chi connectivity index (χ4n) is 5.24. The van der Waals surface area contributed by atoms with Crippen molar-refractivity contribution in [2.45, 2.75) is 39.7 Å². The quantitative estimate of drug-likeness (QED) is 0.142. The van der Waals surface area contributed by atoms with E-state index in [2.05, 4.69) is 10.2 Å². The number of ether oxygens (including phenoxy) is 3. The summed E-state index contributed by atoms with van der Waals surface area (Å²) in [6, 6.07) is 7.28.